The Hall–Kier alpha value is -1.51. The molecule has 13 heavy (non-hydrogen) atoms. The van der Waals surface area contributed by atoms with Gasteiger partial charge >= 0.3 is 0 Å². The molecule has 2 rings (SSSR count). The Labute approximate surface area is 76.0 Å². The molecule has 0 spiro atoms. The number of hydrogen-bond acceptors (Lipinski definition) is 3. The quantitative estimate of drug-likeness (QED) is 0.659. The van der Waals surface area contributed by atoms with Crippen LogP contribution in [0.4, 0.5) is 0 Å². The van der Waals surface area contributed by atoms with E-state index < -0.39 is 0 Å². The van der Waals surface area contributed by atoms with Crippen molar-refractivity contribution in [3.05, 3.63) is 23.8 Å². The molecule has 0 saturated heterocycles. The first kappa shape index (κ1) is 8.10. The number of aldehydes is 1. The minimum Gasteiger partial charge on any atom is -0.508 e. The van der Waals surface area contributed by atoms with Gasteiger partial charge in [-0.05, 0) is 36.6 Å². The number of rotatable bonds is 1. The first-order chi connectivity index (χ1) is 6.29. The molecule has 1 unspecified atom stereocenters. The third kappa shape index (κ3) is 1.49. The number of carbonyl (C=O) groups excluding carboxylic acids is 1. The highest BCUT2D eigenvalue weighted by molar-refractivity contribution is 5.58. The third-order valence-electron chi connectivity index (χ3n) is 2.17. The fourth-order valence-electron chi connectivity index (χ4n) is 1.49. The summed E-state index contributed by atoms with van der Waals surface area (Å²) in [5, 5.41) is 9.19. The zero-order valence-corrected chi connectivity index (χ0v) is 7.06. The Kier molecular flexibility index (Phi) is 1.93. The van der Waals surface area contributed by atoms with Crippen LogP contribution in [0.1, 0.15) is 12.0 Å². The van der Waals surface area contributed by atoms with Crippen LogP contribution in [-0.2, 0) is 11.2 Å². The van der Waals surface area contributed by atoms with Gasteiger partial charge in [0.2, 0.25) is 0 Å². The Morgan fingerprint density at radius 3 is 3.15 bits per heavy atom. The van der Waals surface area contributed by atoms with Gasteiger partial charge in [-0.1, -0.05) is 0 Å². The summed E-state index contributed by atoms with van der Waals surface area (Å²) in [5.74, 6) is 0.952. The lowest BCUT2D eigenvalue weighted by Crippen LogP contribution is -2.23. The maximum atomic E-state index is 10.5. The van der Waals surface area contributed by atoms with E-state index >= 15 is 0 Å². The molecule has 3 nitrogen and oxygen atoms in total. The van der Waals surface area contributed by atoms with Crippen molar-refractivity contribution in [1.29, 1.82) is 0 Å². The first-order valence-electron chi connectivity index (χ1n) is 4.23. The second kappa shape index (κ2) is 3.09. The lowest BCUT2D eigenvalue weighted by atomic mass is 10.0. The van der Waals surface area contributed by atoms with Crippen molar-refractivity contribution in [1.82, 2.24) is 0 Å². The van der Waals surface area contributed by atoms with Gasteiger partial charge in [-0.2, -0.15) is 0 Å². The third-order valence-corrected chi connectivity index (χ3v) is 2.17. The molecule has 0 fully saturated rings. The largest absolute Gasteiger partial charge is 0.508 e. The molecule has 1 N–H and O–H groups in total. The van der Waals surface area contributed by atoms with E-state index in [2.05, 4.69) is 0 Å². The maximum absolute atomic E-state index is 10.5. The van der Waals surface area contributed by atoms with Gasteiger partial charge < -0.3 is 9.84 Å². The Morgan fingerprint density at radius 1 is 1.54 bits per heavy atom. The highest BCUT2D eigenvalue weighted by Gasteiger charge is 2.18. The predicted octanol–water partition coefficient (Wildman–Crippen LogP) is 1.28. The zero-order chi connectivity index (χ0) is 9.26. The minimum atomic E-state index is -0.322. The Bertz CT molecular complexity index is 333. The topological polar surface area (TPSA) is 46.5 Å². The van der Waals surface area contributed by atoms with Gasteiger partial charge in [0.05, 0.1) is 0 Å². The number of ether oxygens (including phenoxy) is 1. The molecule has 68 valence electrons. The van der Waals surface area contributed by atoms with E-state index in [4.69, 9.17) is 4.74 Å². The lowest BCUT2D eigenvalue weighted by molar-refractivity contribution is -0.114. The monoisotopic (exact) mass is 178 g/mol. The van der Waals surface area contributed by atoms with Crippen molar-refractivity contribution in [2.75, 3.05) is 0 Å². The normalized spacial score (nSPS) is 20.2. The Balaban J connectivity index is 2.31. The molecular formula is C10H10O3. The van der Waals surface area contributed by atoms with Crippen molar-refractivity contribution in [2.45, 2.75) is 18.9 Å². The van der Waals surface area contributed by atoms with Crippen LogP contribution in [0.25, 0.3) is 0 Å². The van der Waals surface area contributed by atoms with Crippen LogP contribution in [0.2, 0.25) is 0 Å². The molecule has 1 aliphatic heterocycles. The number of aromatic hydroxyl groups is 1. The molecule has 0 aromatic heterocycles. The fraction of sp³-hybridized carbons (Fsp3) is 0.300. The zero-order valence-electron chi connectivity index (χ0n) is 7.06. The summed E-state index contributed by atoms with van der Waals surface area (Å²) in [6.07, 6.45) is 1.97. The van der Waals surface area contributed by atoms with Crippen LogP contribution in [0.5, 0.6) is 11.5 Å². The molecule has 0 bridgehead atoms. The number of hydrogen-bond donors (Lipinski definition) is 1. The van der Waals surface area contributed by atoms with Crippen molar-refractivity contribution in [3.8, 4) is 11.5 Å². The van der Waals surface area contributed by atoms with Crippen LogP contribution in [0.3, 0.4) is 0 Å². The number of benzene rings is 1. The second-order valence-corrected chi connectivity index (χ2v) is 3.12. The summed E-state index contributed by atoms with van der Waals surface area (Å²) >= 11 is 0. The van der Waals surface area contributed by atoms with Gasteiger partial charge in [-0.25, -0.2) is 0 Å². The molecule has 1 heterocycles. The molecule has 0 amide bonds. The molecule has 1 aromatic carbocycles. The number of phenolic OH excluding ortho intramolecular Hbond substituents is 1. The molecule has 1 aliphatic rings. The number of aryl methyl sites for hydroxylation is 1. The maximum Gasteiger partial charge on any atom is 0.160 e. The molecule has 1 atom stereocenters. The smallest absolute Gasteiger partial charge is 0.160 e. The van der Waals surface area contributed by atoms with Gasteiger partial charge in [-0.15, -0.1) is 0 Å². The number of phenols is 1. The molecular weight excluding hydrogens is 168 g/mol. The van der Waals surface area contributed by atoms with E-state index in [-0.39, 0.29) is 11.9 Å². The van der Waals surface area contributed by atoms with Crippen LogP contribution >= 0.6 is 0 Å². The van der Waals surface area contributed by atoms with E-state index in [9.17, 15) is 9.90 Å². The van der Waals surface area contributed by atoms with E-state index in [1.165, 1.54) is 0 Å². The highest BCUT2D eigenvalue weighted by atomic mass is 16.5. The molecule has 3 heteroatoms. The van der Waals surface area contributed by atoms with Crippen LogP contribution in [0.15, 0.2) is 18.2 Å². The molecule has 1 aromatic rings. The van der Waals surface area contributed by atoms with Crippen molar-refractivity contribution in [2.24, 2.45) is 0 Å². The number of carbonyl (C=O) groups is 1. The standard InChI is InChI=1S/C10H10O3/c11-6-9-3-1-7-5-8(12)2-4-10(7)13-9/h2,4-6,9,12H,1,3H2. The van der Waals surface area contributed by atoms with Crippen molar-refractivity contribution >= 4 is 6.29 Å². The van der Waals surface area contributed by atoms with Gasteiger partial charge in [0.25, 0.3) is 0 Å². The molecule has 0 radical (unpaired) electrons. The summed E-state index contributed by atoms with van der Waals surface area (Å²) in [4.78, 5) is 10.5. The summed E-state index contributed by atoms with van der Waals surface area (Å²) in [6.45, 7) is 0. The summed E-state index contributed by atoms with van der Waals surface area (Å²) in [5.41, 5.74) is 0.970. The highest BCUT2D eigenvalue weighted by Crippen LogP contribution is 2.29. The average molecular weight is 178 g/mol. The van der Waals surface area contributed by atoms with Crippen LogP contribution < -0.4 is 4.74 Å². The van der Waals surface area contributed by atoms with E-state index in [1.807, 2.05) is 0 Å². The average Bonchev–Trinajstić information content (AvgIpc) is 2.17. The van der Waals surface area contributed by atoms with Crippen molar-refractivity contribution in [3.63, 3.8) is 0 Å². The van der Waals surface area contributed by atoms with E-state index in [0.717, 1.165) is 18.3 Å². The van der Waals surface area contributed by atoms with Crippen molar-refractivity contribution < 1.29 is 14.6 Å². The second-order valence-electron chi connectivity index (χ2n) is 3.12. The van der Waals surface area contributed by atoms with Crippen LogP contribution in [0, 0.1) is 0 Å². The molecule has 0 aliphatic carbocycles. The van der Waals surface area contributed by atoms with Gasteiger partial charge in [-0.3, -0.25) is 4.79 Å². The van der Waals surface area contributed by atoms with Gasteiger partial charge in [0.1, 0.15) is 11.5 Å². The SMILES string of the molecule is O=CC1CCc2cc(O)ccc2O1. The number of fused-ring (bicyclic) bond motifs is 1. The first-order valence-corrected chi connectivity index (χ1v) is 4.23. The van der Waals surface area contributed by atoms with E-state index in [1.54, 1.807) is 18.2 Å². The van der Waals surface area contributed by atoms with E-state index in [0.29, 0.717) is 12.2 Å². The predicted molar refractivity (Wildman–Crippen MR) is 46.9 cm³/mol. The minimum absolute atomic E-state index is 0.243. The summed E-state index contributed by atoms with van der Waals surface area (Å²) in [6, 6.07) is 4.93. The van der Waals surface area contributed by atoms with Gasteiger partial charge in [0.15, 0.2) is 12.4 Å². The van der Waals surface area contributed by atoms with Gasteiger partial charge in [0, 0.05) is 0 Å². The summed E-state index contributed by atoms with van der Waals surface area (Å²) in [7, 11) is 0. The Morgan fingerprint density at radius 2 is 2.38 bits per heavy atom. The summed E-state index contributed by atoms with van der Waals surface area (Å²) < 4.78 is 5.36. The molecule has 0 saturated carbocycles. The lowest BCUT2D eigenvalue weighted by Gasteiger charge is -2.21. The van der Waals surface area contributed by atoms with Crippen LogP contribution in [-0.4, -0.2) is 17.5 Å². The fourth-order valence-corrected chi connectivity index (χ4v) is 1.49.